The van der Waals surface area contributed by atoms with Gasteiger partial charge in [0.25, 0.3) is 5.56 Å². The lowest BCUT2D eigenvalue weighted by Gasteiger charge is -2.13. The van der Waals surface area contributed by atoms with Gasteiger partial charge in [-0.25, -0.2) is 14.6 Å². The number of hydrogen-bond donors (Lipinski definition) is 1. The molecule has 1 atom stereocenters. The Bertz CT molecular complexity index is 1260. The number of esters is 1. The minimum Gasteiger partial charge on any atom is -0.462 e. The zero-order valence-electron chi connectivity index (χ0n) is 17.2. The van der Waals surface area contributed by atoms with Crippen LogP contribution in [0.5, 0.6) is 0 Å². The Kier molecular flexibility index (Phi) is 5.04. The van der Waals surface area contributed by atoms with Gasteiger partial charge in [0.1, 0.15) is 0 Å². The Morgan fingerprint density at radius 2 is 1.86 bits per heavy atom. The zero-order valence-corrected chi connectivity index (χ0v) is 17.2. The fourth-order valence-electron chi connectivity index (χ4n) is 3.50. The van der Waals surface area contributed by atoms with Crippen LogP contribution in [0.2, 0.25) is 0 Å². The molecule has 0 fully saturated rings. The van der Waals surface area contributed by atoms with E-state index in [9.17, 15) is 19.2 Å². The van der Waals surface area contributed by atoms with E-state index in [1.54, 1.807) is 27.7 Å². The minimum atomic E-state index is -0.794. The van der Waals surface area contributed by atoms with Crippen LogP contribution in [0.1, 0.15) is 52.0 Å². The average Bonchev–Trinajstić information content (AvgIpc) is 3.25. The second-order valence-electron chi connectivity index (χ2n) is 6.92. The van der Waals surface area contributed by atoms with Crippen molar-refractivity contribution in [1.82, 2.24) is 23.7 Å². The largest absolute Gasteiger partial charge is 0.462 e. The number of aromatic nitrogens is 5. The summed E-state index contributed by atoms with van der Waals surface area (Å²) in [4.78, 5) is 57.3. The molecule has 0 aliphatic carbocycles. The van der Waals surface area contributed by atoms with Gasteiger partial charge < -0.3 is 14.3 Å². The van der Waals surface area contributed by atoms with Crippen LogP contribution in [0.25, 0.3) is 11.2 Å². The van der Waals surface area contributed by atoms with Crippen LogP contribution in [0, 0.1) is 13.8 Å². The van der Waals surface area contributed by atoms with E-state index in [0.717, 1.165) is 4.57 Å². The third kappa shape index (κ3) is 3.00. The fourth-order valence-corrected chi connectivity index (χ4v) is 3.50. The molecule has 3 aromatic rings. The molecule has 0 amide bonds. The number of carbonyl (C=O) groups is 2. The summed E-state index contributed by atoms with van der Waals surface area (Å²) in [6, 6.07) is -0.794. The number of aromatic amines is 1. The number of nitrogens with zero attached hydrogens (tertiary/aromatic N) is 4. The summed E-state index contributed by atoms with van der Waals surface area (Å²) < 4.78 is 8.74. The summed E-state index contributed by atoms with van der Waals surface area (Å²) in [6.07, 6.45) is 1.37. The van der Waals surface area contributed by atoms with Crippen LogP contribution < -0.4 is 11.2 Å². The average molecular weight is 401 g/mol. The van der Waals surface area contributed by atoms with Gasteiger partial charge in [-0.1, -0.05) is 0 Å². The van der Waals surface area contributed by atoms with E-state index < -0.39 is 23.3 Å². The number of H-pyrrole nitrogens is 1. The summed E-state index contributed by atoms with van der Waals surface area (Å²) in [5.74, 6) is -0.821. The maximum atomic E-state index is 13.2. The maximum Gasteiger partial charge on any atom is 0.340 e. The number of ether oxygens (including phenoxy) is 1. The van der Waals surface area contributed by atoms with Crippen molar-refractivity contribution in [2.45, 2.75) is 33.7 Å². The van der Waals surface area contributed by atoms with Gasteiger partial charge in [0.2, 0.25) is 5.78 Å². The van der Waals surface area contributed by atoms with E-state index in [4.69, 9.17) is 4.74 Å². The number of hydrogen-bond acceptors (Lipinski definition) is 6. The van der Waals surface area contributed by atoms with E-state index >= 15 is 0 Å². The van der Waals surface area contributed by atoms with Gasteiger partial charge >= 0.3 is 11.7 Å². The molecule has 0 aliphatic heterocycles. The molecule has 0 bridgehead atoms. The van der Waals surface area contributed by atoms with Crippen molar-refractivity contribution < 1.29 is 14.3 Å². The minimum absolute atomic E-state index is 0.155. The van der Waals surface area contributed by atoms with E-state index in [-0.39, 0.29) is 29.2 Å². The summed E-state index contributed by atoms with van der Waals surface area (Å²) in [6.45, 7) is 6.93. The molecule has 3 aromatic heterocycles. The van der Waals surface area contributed by atoms with Crippen molar-refractivity contribution in [3.05, 3.63) is 49.7 Å². The first kappa shape index (κ1) is 20.3. The van der Waals surface area contributed by atoms with Crippen LogP contribution in [0.4, 0.5) is 0 Å². The molecule has 10 nitrogen and oxygen atoms in total. The summed E-state index contributed by atoms with van der Waals surface area (Å²) in [7, 11) is 2.88. The zero-order chi connectivity index (χ0) is 21.6. The van der Waals surface area contributed by atoms with Crippen LogP contribution in [-0.2, 0) is 18.8 Å². The number of fused-ring (bicyclic) bond motifs is 1. The van der Waals surface area contributed by atoms with Gasteiger partial charge in [0, 0.05) is 19.8 Å². The van der Waals surface area contributed by atoms with E-state index in [1.807, 2.05) is 0 Å². The Balaban J connectivity index is 2.12. The molecular weight excluding hydrogens is 378 g/mol. The van der Waals surface area contributed by atoms with Crippen molar-refractivity contribution in [2.24, 2.45) is 14.1 Å². The lowest BCUT2D eigenvalue weighted by molar-refractivity contribution is 0.0525. The first-order chi connectivity index (χ1) is 13.6. The molecule has 29 heavy (non-hydrogen) atoms. The van der Waals surface area contributed by atoms with Crippen LogP contribution >= 0.6 is 0 Å². The van der Waals surface area contributed by atoms with E-state index in [1.165, 1.54) is 29.6 Å². The highest BCUT2D eigenvalue weighted by molar-refractivity contribution is 6.03. The summed E-state index contributed by atoms with van der Waals surface area (Å²) >= 11 is 0. The molecule has 0 saturated heterocycles. The molecular formula is C19H23N5O5. The molecule has 0 radical (unpaired) electrons. The number of nitrogens with one attached hydrogen (secondary N) is 1. The van der Waals surface area contributed by atoms with Gasteiger partial charge in [-0.05, 0) is 33.3 Å². The Hall–Kier alpha value is -3.43. The maximum absolute atomic E-state index is 13.2. The highest BCUT2D eigenvalue weighted by Crippen LogP contribution is 2.24. The second-order valence-corrected chi connectivity index (χ2v) is 6.92. The predicted octanol–water partition coefficient (Wildman–Crippen LogP) is 0.999. The Labute approximate surface area is 165 Å². The number of carbonyl (C=O) groups excluding carboxylic acids is 2. The fraction of sp³-hybridized carbons (Fsp3) is 0.421. The number of aryl methyl sites for hydroxylation is 2. The normalized spacial score (nSPS) is 12.3. The molecule has 3 heterocycles. The van der Waals surface area contributed by atoms with Gasteiger partial charge in [0.15, 0.2) is 11.2 Å². The topological polar surface area (TPSA) is 121 Å². The van der Waals surface area contributed by atoms with Gasteiger partial charge in [-0.15, -0.1) is 0 Å². The number of ketones is 1. The monoisotopic (exact) mass is 401 g/mol. The van der Waals surface area contributed by atoms with Crippen LogP contribution in [0.3, 0.4) is 0 Å². The first-order valence-corrected chi connectivity index (χ1v) is 9.14. The van der Waals surface area contributed by atoms with Crippen LogP contribution in [0.15, 0.2) is 15.9 Å². The number of rotatable bonds is 5. The lowest BCUT2D eigenvalue weighted by atomic mass is 10.0. The third-order valence-corrected chi connectivity index (χ3v) is 5.13. The first-order valence-electron chi connectivity index (χ1n) is 9.14. The van der Waals surface area contributed by atoms with Gasteiger partial charge in [0.05, 0.1) is 30.2 Å². The van der Waals surface area contributed by atoms with Gasteiger partial charge in [-0.3, -0.25) is 18.7 Å². The van der Waals surface area contributed by atoms with Crippen molar-refractivity contribution >= 4 is 22.9 Å². The summed E-state index contributed by atoms with van der Waals surface area (Å²) in [5, 5.41) is 0. The predicted molar refractivity (Wildman–Crippen MR) is 105 cm³/mol. The molecule has 10 heteroatoms. The van der Waals surface area contributed by atoms with Crippen molar-refractivity contribution in [1.29, 1.82) is 0 Å². The molecule has 1 N–H and O–H groups in total. The SMILES string of the molecule is CCOC(=O)c1c(C)[nH]c(C(=O)C(C)n2cnc3c2c(=O)n(C)c(=O)n3C)c1C. The molecule has 1 unspecified atom stereocenters. The quantitative estimate of drug-likeness (QED) is 0.503. The highest BCUT2D eigenvalue weighted by Gasteiger charge is 2.28. The highest BCUT2D eigenvalue weighted by atomic mass is 16.5. The van der Waals surface area contributed by atoms with Crippen molar-refractivity contribution in [2.75, 3.05) is 6.61 Å². The van der Waals surface area contributed by atoms with Crippen LogP contribution in [-0.4, -0.2) is 42.0 Å². The Morgan fingerprint density at radius 3 is 2.48 bits per heavy atom. The second kappa shape index (κ2) is 7.19. The lowest BCUT2D eigenvalue weighted by Crippen LogP contribution is -2.38. The summed E-state index contributed by atoms with van der Waals surface area (Å²) in [5.41, 5.74) is 0.936. The molecule has 0 aromatic carbocycles. The van der Waals surface area contributed by atoms with Gasteiger partial charge in [-0.2, -0.15) is 0 Å². The van der Waals surface area contributed by atoms with Crippen molar-refractivity contribution in [3.63, 3.8) is 0 Å². The number of Topliss-reactive ketones (excluding diaryl/α,β-unsaturated/α-hetero) is 1. The van der Waals surface area contributed by atoms with E-state index in [2.05, 4.69) is 9.97 Å². The van der Waals surface area contributed by atoms with E-state index in [0.29, 0.717) is 16.8 Å². The Morgan fingerprint density at radius 1 is 1.21 bits per heavy atom. The molecule has 0 saturated carbocycles. The molecule has 154 valence electrons. The molecule has 0 spiro atoms. The smallest absolute Gasteiger partial charge is 0.340 e. The number of imidazole rings is 1. The molecule has 3 rings (SSSR count). The van der Waals surface area contributed by atoms with Crippen molar-refractivity contribution in [3.8, 4) is 0 Å². The molecule has 0 aliphatic rings. The standard InChI is InChI=1S/C19H23N5O5/c1-7-29-18(27)12-9(2)13(21-10(12)3)15(25)11(4)24-8-20-16-14(24)17(26)23(6)19(28)22(16)5/h8,11,21H,7H2,1-6H3. The third-order valence-electron chi connectivity index (χ3n) is 5.13.